The van der Waals surface area contributed by atoms with Gasteiger partial charge in [0.1, 0.15) is 5.75 Å². The zero-order valence-electron chi connectivity index (χ0n) is 20.1. The second kappa shape index (κ2) is 11.6. The quantitative estimate of drug-likeness (QED) is 0.435. The zero-order valence-corrected chi connectivity index (χ0v) is 21.0. The van der Waals surface area contributed by atoms with Gasteiger partial charge in [0.05, 0.1) is 6.61 Å². The van der Waals surface area contributed by atoms with E-state index in [9.17, 15) is 4.79 Å². The molecule has 1 amide bonds. The van der Waals surface area contributed by atoms with Gasteiger partial charge < -0.3 is 19.4 Å². The number of hydrogen-bond acceptors (Lipinski definition) is 7. The highest BCUT2D eigenvalue weighted by molar-refractivity contribution is 7.09. The Labute approximate surface area is 211 Å². The Morgan fingerprint density at radius 3 is 2.37 bits per heavy atom. The third kappa shape index (κ3) is 6.18. The highest BCUT2D eigenvalue weighted by Gasteiger charge is 2.24. The van der Waals surface area contributed by atoms with Crippen molar-refractivity contribution in [3.8, 4) is 17.1 Å². The molecule has 184 valence electrons. The first-order valence-electron chi connectivity index (χ1n) is 12.6. The van der Waals surface area contributed by atoms with E-state index in [-0.39, 0.29) is 5.91 Å². The van der Waals surface area contributed by atoms with E-state index in [0.717, 1.165) is 48.3 Å². The van der Waals surface area contributed by atoms with Crippen molar-refractivity contribution in [2.75, 3.05) is 57.3 Å². The van der Waals surface area contributed by atoms with Crippen molar-refractivity contribution in [1.82, 2.24) is 19.2 Å². The van der Waals surface area contributed by atoms with Crippen LogP contribution in [-0.4, -0.2) is 77.5 Å². The standard InChI is InChI=1S/C27H33N5O2S/c33-26(23-10-12-24(13-11-23)34-21-7-16-30-14-5-2-6-15-30)31-17-19-32(20-18-31)27-28-25(29-35-27)22-8-3-1-4-9-22/h1,3-4,8-13H,2,5-7,14-21H2. The Morgan fingerprint density at radius 1 is 0.886 bits per heavy atom. The Balaban J connectivity index is 1.07. The van der Waals surface area contributed by atoms with Gasteiger partial charge in [0.2, 0.25) is 5.13 Å². The summed E-state index contributed by atoms with van der Waals surface area (Å²) in [5.74, 6) is 1.66. The van der Waals surface area contributed by atoms with E-state index in [1.54, 1.807) is 0 Å². The van der Waals surface area contributed by atoms with Crippen LogP contribution in [0.25, 0.3) is 11.4 Å². The van der Waals surface area contributed by atoms with Gasteiger partial charge in [-0.05, 0) is 56.6 Å². The molecule has 5 rings (SSSR count). The second-order valence-corrected chi connectivity index (χ2v) is 9.90. The molecule has 0 atom stereocenters. The highest BCUT2D eigenvalue weighted by atomic mass is 32.1. The summed E-state index contributed by atoms with van der Waals surface area (Å²) in [5.41, 5.74) is 1.74. The summed E-state index contributed by atoms with van der Waals surface area (Å²) >= 11 is 1.42. The Bertz CT molecular complexity index is 1070. The van der Waals surface area contributed by atoms with Crippen LogP contribution in [0.15, 0.2) is 54.6 Å². The first-order chi connectivity index (χ1) is 17.3. The lowest BCUT2D eigenvalue weighted by molar-refractivity contribution is 0.0746. The van der Waals surface area contributed by atoms with Gasteiger partial charge in [-0.1, -0.05) is 36.8 Å². The number of piperidine rings is 1. The van der Waals surface area contributed by atoms with Crippen LogP contribution < -0.4 is 9.64 Å². The fourth-order valence-corrected chi connectivity index (χ4v) is 5.43. The van der Waals surface area contributed by atoms with Crippen LogP contribution in [0.3, 0.4) is 0 Å². The molecular weight excluding hydrogens is 458 g/mol. The molecule has 2 aromatic carbocycles. The molecule has 7 nitrogen and oxygen atoms in total. The minimum atomic E-state index is 0.0727. The molecule has 0 N–H and O–H groups in total. The van der Waals surface area contributed by atoms with E-state index in [0.29, 0.717) is 25.3 Å². The van der Waals surface area contributed by atoms with Gasteiger partial charge in [-0.25, -0.2) is 0 Å². The fraction of sp³-hybridized carbons (Fsp3) is 0.444. The normalized spacial score (nSPS) is 16.9. The summed E-state index contributed by atoms with van der Waals surface area (Å²) in [5, 5.41) is 0.915. The van der Waals surface area contributed by atoms with Gasteiger partial charge in [-0.2, -0.15) is 9.36 Å². The number of piperazine rings is 1. The summed E-state index contributed by atoms with van der Waals surface area (Å²) in [6.07, 6.45) is 5.05. The average Bonchev–Trinajstić information content (AvgIpc) is 3.43. The molecule has 3 heterocycles. The van der Waals surface area contributed by atoms with E-state index < -0.39 is 0 Å². The smallest absolute Gasteiger partial charge is 0.253 e. The largest absolute Gasteiger partial charge is 0.494 e. The van der Waals surface area contributed by atoms with Crippen molar-refractivity contribution in [2.24, 2.45) is 0 Å². The molecule has 1 aromatic heterocycles. The SMILES string of the molecule is O=C(c1ccc(OCCCN2CCCCC2)cc1)N1CCN(c2nc(-c3ccccc3)ns2)CC1. The number of benzene rings is 2. The van der Waals surface area contributed by atoms with Crippen LogP contribution in [0.1, 0.15) is 36.0 Å². The molecular formula is C27H33N5O2S. The van der Waals surface area contributed by atoms with E-state index in [2.05, 4.69) is 14.2 Å². The molecule has 2 fully saturated rings. The minimum absolute atomic E-state index is 0.0727. The first-order valence-corrected chi connectivity index (χ1v) is 13.4. The number of aromatic nitrogens is 2. The van der Waals surface area contributed by atoms with Crippen LogP contribution in [0.2, 0.25) is 0 Å². The van der Waals surface area contributed by atoms with Gasteiger partial charge in [0.25, 0.3) is 5.91 Å². The van der Waals surface area contributed by atoms with Gasteiger partial charge in [-0.15, -0.1) is 0 Å². The summed E-state index contributed by atoms with van der Waals surface area (Å²) < 4.78 is 10.4. The number of amides is 1. The molecule has 2 saturated heterocycles. The molecule has 3 aromatic rings. The average molecular weight is 492 g/mol. The molecule has 0 spiro atoms. The number of carbonyl (C=O) groups is 1. The van der Waals surface area contributed by atoms with Crippen molar-refractivity contribution in [3.63, 3.8) is 0 Å². The van der Waals surface area contributed by atoms with Crippen LogP contribution in [0, 0.1) is 0 Å². The number of ether oxygens (including phenoxy) is 1. The van der Waals surface area contributed by atoms with Crippen molar-refractivity contribution in [2.45, 2.75) is 25.7 Å². The fourth-order valence-electron chi connectivity index (χ4n) is 4.69. The maximum Gasteiger partial charge on any atom is 0.253 e. The number of carbonyl (C=O) groups excluding carboxylic acids is 1. The lowest BCUT2D eigenvalue weighted by Crippen LogP contribution is -2.48. The lowest BCUT2D eigenvalue weighted by atomic mass is 10.1. The van der Waals surface area contributed by atoms with Gasteiger partial charge in [0.15, 0.2) is 5.82 Å². The van der Waals surface area contributed by atoms with Gasteiger partial charge in [-0.3, -0.25) is 4.79 Å². The predicted molar refractivity (Wildman–Crippen MR) is 140 cm³/mol. The van der Waals surface area contributed by atoms with Crippen molar-refractivity contribution in [3.05, 3.63) is 60.2 Å². The molecule has 0 radical (unpaired) electrons. The molecule has 8 heteroatoms. The van der Waals surface area contributed by atoms with Crippen LogP contribution in [-0.2, 0) is 0 Å². The van der Waals surface area contributed by atoms with Gasteiger partial charge in [0, 0.05) is 55.4 Å². The van der Waals surface area contributed by atoms with Crippen LogP contribution in [0.4, 0.5) is 5.13 Å². The number of anilines is 1. The Morgan fingerprint density at radius 2 is 1.63 bits per heavy atom. The minimum Gasteiger partial charge on any atom is -0.494 e. The lowest BCUT2D eigenvalue weighted by Gasteiger charge is -2.34. The predicted octanol–water partition coefficient (Wildman–Crippen LogP) is 4.42. The highest BCUT2D eigenvalue weighted by Crippen LogP contribution is 2.25. The summed E-state index contributed by atoms with van der Waals surface area (Å²) in [6.45, 7) is 7.12. The molecule has 0 aliphatic carbocycles. The number of rotatable bonds is 8. The maximum absolute atomic E-state index is 13.0. The van der Waals surface area contributed by atoms with E-state index in [1.807, 2.05) is 59.5 Å². The molecule has 2 aliphatic rings. The molecule has 2 aliphatic heterocycles. The number of hydrogen-bond donors (Lipinski definition) is 0. The third-order valence-corrected chi connectivity index (χ3v) is 7.50. The van der Waals surface area contributed by atoms with Crippen molar-refractivity contribution < 1.29 is 9.53 Å². The summed E-state index contributed by atoms with van der Waals surface area (Å²) in [6, 6.07) is 17.6. The van der Waals surface area contributed by atoms with Crippen LogP contribution >= 0.6 is 11.5 Å². The second-order valence-electron chi connectivity index (χ2n) is 9.17. The Kier molecular flexibility index (Phi) is 7.90. The summed E-state index contributed by atoms with van der Waals surface area (Å²) in [7, 11) is 0. The first kappa shape index (κ1) is 23.8. The number of likely N-dealkylation sites (tertiary alicyclic amines) is 1. The van der Waals surface area contributed by atoms with E-state index >= 15 is 0 Å². The molecule has 0 unspecified atom stereocenters. The van der Waals surface area contributed by atoms with E-state index in [4.69, 9.17) is 9.72 Å². The number of nitrogens with zero attached hydrogens (tertiary/aromatic N) is 5. The maximum atomic E-state index is 13.0. The van der Waals surface area contributed by atoms with E-state index in [1.165, 1.54) is 43.9 Å². The third-order valence-electron chi connectivity index (χ3n) is 6.72. The summed E-state index contributed by atoms with van der Waals surface area (Å²) in [4.78, 5) is 24.4. The topological polar surface area (TPSA) is 61.8 Å². The van der Waals surface area contributed by atoms with Crippen molar-refractivity contribution >= 4 is 22.6 Å². The molecule has 0 saturated carbocycles. The zero-order chi connectivity index (χ0) is 23.9. The molecule has 35 heavy (non-hydrogen) atoms. The van der Waals surface area contributed by atoms with Gasteiger partial charge >= 0.3 is 0 Å². The molecule has 0 bridgehead atoms. The van der Waals surface area contributed by atoms with Crippen LogP contribution in [0.5, 0.6) is 5.75 Å². The monoisotopic (exact) mass is 491 g/mol. The van der Waals surface area contributed by atoms with Crippen molar-refractivity contribution in [1.29, 1.82) is 0 Å². The Hall–Kier alpha value is -2.97.